The van der Waals surface area contributed by atoms with Gasteiger partial charge in [0.1, 0.15) is 5.75 Å². The lowest BCUT2D eigenvalue weighted by Gasteiger charge is -2.12. The standard InChI is InChI=1S/C22H12Cl2F2N4O2/c1-11-10-28-18(25)8-16(11)22-30-29-19(32-22)6-13-2-3-17(24)21(20(13)26)31-15-5-12(9-27)4-14(23)7-15/h2-5,7-8,10H,6H2,1H3. The van der Waals surface area contributed by atoms with Crippen LogP contribution in [0.3, 0.4) is 0 Å². The lowest BCUT2D eigenvalue weighted by Crippen LogP contribution is -1.98. The monoisotopic (exact) mass is 472 g/mol. The third-order valence-electron chi connectivity index (χ3n) is 4.46. The number of aryl methyl sites for hydroxylation is 1. The van der Waals surface area contributed by atoms with Crippen LogP contribution in [0.15, 0.2) is 47.0 Å². The molecule has 0 radical (unpaired) electrons. The molecule has 6 nitrogen and oxygen atoms in total. The van der Waals surface area contributed by atoms with Crippen molar-refractivity contribution in [3.05, 3.63) is 87.0 Å². The van der Waals surface area contributed by atoms with Crippen molar-refractivity contribution in [2.24, 2.45) is 0 Å². The maximum absolute atomic E-state index is 15.2. The minimum atomic E-state index is -0.734. The number of hydrogen-bond donors (Lipinski definition) is 0. The third kappa shape index (κ3) is 4.54. The van der Waals surface area contributed by atoms with E-state index >= 15 is 4.39 Å². The Kier molecular flexibility index (Phi) is 6.04. The molecule has 2 aromatic heterocycles. The lowest BCUT2D eigenvalue weighted by molar-refractivity contribution is 0.437. The summed E-state index contributed by atoms with van der Waals surface area (Å²) in [7, 11) is 0. The minimum absolute atomic E-state index is 0.0267. The van der Waals surface area contributed by atoms with Gasteiger partial charge in [-0.05, 0) is 36.8 Å². The fourth-order valence-electron chi connectivity index (χ4n) is 2.93. The number of aromatic nitrogens is 3. The van der Waals surface area contributed by atoms with Crippen molar-refractivity contribution in [2.75, 3.05) is 0 Å². The zero-order chi connectivity index (χ0) is 22.8. The van der Waals surface area contributed by atoms with Gasteiger partial charge in [-0.1, -0.05) is 29.3 Å². The number of nitrogens with zero attached hydrogens (tertiary/aromatic N) is 4. The summed E-state index contributed by atoms with van der Waals surface area (Å²) in [5.41, 5.74) is 1.47. The van der Waals surface area contributed by atoms with Gasteiger partial charge < -0.3 is 9.15 Å². The molecule has 0 saturated heterocycles. The summed E-state index contributed by atoms with van der Waals surface area (Å²) in [4.78, 5) is 3.56. The fourth-order valence-corrected chi connectivity index (χ4v) is 3.34. The second-order valence-electron chi connectivity index (χ2n) is 6.74. The van der Waals surface area contributed by atoms with Crippen LogP contribution in [-0.2, 0) is 6.42 Å². The Balaban J connectivity index is 1.63. The van der Waals surface area contributed by atoms with Gasteiger partial charge in [0.05, 0.1) is 23.1 Å². The molecule has 0 atom stereocenters. The van der Waals surface area contributed by atoms with Gasteiger partial charge in [-0.25, -0.2) is 9.37 Å². The van der Waals surface area contributed by atoms with Crippen molar-refractivity contribution in [3.63, 3.8) is 0 Å². The molecule has 0 amide bonds. The van der Waals surface area contributed by atoms with Crippen LogP contribution < -0.4 is 4.74 Å². The fraction of sp³-hybridized carbons (Fsp3) is 0.0909. The molecule has 0 saturated carbocycles. The van der Waals surface area contributed by atoms with Crippen LogP contribution in [0.1, 0.15) is 22.6 Å². The maximum Gasteiger partial charge on any atom is 0.248 e. The number of ether oxygens (including phenoxy) is 1. The van der Waals surface area contributed by atoms with Crippen LogP contribution in [0.25, 0.3) is 11.5 Å². The summed E-state index contributed by atoms with van der Waals surface area (Å²) >= 11 is 12.1. The van der Waals surface area contributed by atoms with Gasteiger partial charge in [0.15, 0.2) is 11.6 Å². The molecule has 2 aromatic carbocycles. The molecule has 0 unspecified atom stereocenters. The van der Waals surface area contributed by atoms with Crippen LogP contribution in [0, 0.1) is 30.0 Å². The lowest BCUT2D eigenvalue weighted by atomic mass is 10.1. The molecule has 160 valence electrons. The van der Waals surface area contributed by atoms with Gasteiger partial charge in [-0.3, -0.25) is 0 Å². The zero-order valence-electron chi connectivity index (χ0n) is 16.4. The van der Waals surface area contributed by atoms with Crippen LogP contribution in [0.2, 0.25) is 10.0 Å². The minimum Gasteiger partial charge on any atom is -0.453 e. The molecular weight excluding hydrogens is 461 g/mol. The van der Waals surface area contributed by atoms with E-state index in [-0.39, 0.29) is 50.9 Å². The number of benzene rings is 2. The van der Waals surface area contributed by atoms with Gasteiger partial charge in [0.2, 0.25) is 17.7 Å². The number of halogens is 4. The predicted octanol–water partition coefficient (Wildman–Crippen LogP) is 6.28. The van der Waals surface area contributed by atoms with Gasteiger partial charge >= 0.3 is 0 Å². The van der Waals surface area contributed by atoms with E-state index in [2.05, 4.69) is 15.2 Å². The zero-order valence-corrected chi connectivity index (χ0v) is 17.9. The summed E-state index contributed by atoms with van der Waals surface area (Å²) in [5, 5.41) is 17.2. The predicted molar refractivity (Wildman–Crippen MR) is 113 cm³/mol. The molecule has 2 heterocycles. The molecule has 4 aromatic rings. The average molecular weight is 473 g/mol. The summed E-state index contributed by atoms with van der Waals surface area (Å²) < 4.78 is 39.8. The van der Waals surface area contributed by atoms with E-state index in [4.69, 9.17) is 37.6 Å². The molecule has 0 fully saturated rings. The SMILES string of the molecule is Cc1cnc(F)cc1-c1nnc(Cc2ccc(Cl)c(Oc3cc(Cl)cc(C#N)c3)c2F)o1. The summed E-state index contributed by atoms with van der Waals surface area (Å²) in [6, 6.07) is 10.4. The Morgan fingerprint density at radius 3 is 2.72 bits per heavy atom. The smallest absolute Gasteiger partial charge is 0.248 e. The van der Waals surface area contributed by atoms with Crippen LogP contribution >= 0.6 is 23.2 Å². The number of hydrogen-bond acceptors (Lipinski definition) is 6. The van der Waals surface area contributed by atoms with Crippen molar-refractivity contribution in [3.8, 4) is 29.0 Å². The van der Waals surface area contributed by atoms with Gasteiger partial charge in [-0.2, -0.15) is 9.65 Å². The molecule has 0 aliphatic rings. The van der Waals surface area contributed by atoms with E-state index in [0.717, 1.165) is 0 Å². The highest BCUT2D eigenvalue weighted by molar-refractivity contribution is 6.32. The normalized spacial score (nSPS) is 10.8. The average Bonchev–Trinajstić information content (AvgIpc) is 3.23. The summed E-state index contributed by atoms with van der Waals surface area (Å²) in [6.07, 6.45) is 1.29. The molecule has 0 bridgehead atoms. The Morgan fingerprint density at radius 2 is 1.94 bits per heavy atom. The second-order valence-corrected chi connectivity index (χ2v) is 7.58. The number of rotatable bonds is 5. The van der Waals surface area contributed by atoms with Crippen molar-refractivity contribution in [1.29, 1.82) is 5.26 Å². The molecule has 0 aliphatic carbocycles. The first-order chi connectivity index (χ1) is 15.3. The molecule has 4 rings (SSSR count). The van der Waals surface area contributed by atoms with Crippen molar-refractivity contribution < 1.29 is 17.9 Å². The Morgan fingerprint density at radius 1 is 1.12 bits per heavy atom. The number of pyridine rings is 1. The van der Waals surface area contributed by atoms with Crippen molar-refractivity contribution in [2.45, 2.75) is 13.3 Å². The quantitative estimate of drug-likeness (QED) is 0.317. The molecular formula is C22H12Cl2F2N4O2. The van der Waals surface area contributed by atoms with E-state index in [1.165, 1.54) is 42.6 Å². The third-order valence-corrected chi connectivity index (χ3v) is 4.97. The van der Waals surface area contributed by atoms with E-state index in [1.807, 2.05) is 6.07 Å². The van der Waals surface area contributed by atoms with E-state index in [0.29, 0.717) is 11.1 Å². The molecule has 10 heteroatoms. The first-order valence-corrected chi connectivity index (χ1v) is 9.90. The van der Waals surface area contributed by atoms with Crippen LogP contribution in [0.4, 0.5) is 8.78 Å². The number of nitriles is 1. The van der Waals surface area contributed by atoms with Gasteiger partial charge in [-0.15, -0.1) is 10.2 Å². The van der Waals surface area contributed by atoms with Crippen LogP contribution in [0.5, 0.6) is 11.5 Å². The molecule has 32 heavy (non-hydrogen) atoms. The highest BCUT2D eigenvalue weighted by Gasteiger charge is 2.19. The van der Waals surface area contributed by atoms with Gasteiger partial charge in [0, 0.05) is 28.4 Å². The summed E-state index contributed by atoms with van der Waals surface area (Å²) in [5.74, 6) is -1.30. The van der Waals surface area contributed by atoms with Crippen LogP contribution in [-0.4, -0.2) is 15.2 Å². The maximum atomic E-state index is 15.2. The Bertz CT molecular complexity index is 1370. The highest BCUT2D eigenvalue weighted by Crippen LogP contribution is 2.36. The highest BCUT2D eigenvalue weighted by atomic mass is 35.5. The van der Waals surface area contributed by atoms with E-state index in [1.54, 1.807) is 6.92 Å². The molecule has 0 aliphatic heterocycles. The Hall–Kier alpha value is -3.54. The molecule has 0 N–H and O–H groups in total. The van der Waals surface area contributed by atoms with Gasteiger partial charge in [0.25, 0.3) is 0 Å². The Labute approximate surface area is 191 Å². The molecule has 0 spiro atoms. The van der Waals surface area contributed by atoms with E-state index in [9.17, 15) is 4.39 Å². The largest absolute Gasteiger partial charge is 0.453 e. The topological polar surface area (TPSA) is 84.8 Å². The summed E-state index contributed by atoms with van der Waals surface area (Å²) in [6.45, 7) is 1.72. The second kappa shape index (κ2) is 8.91. The van der Waals surface area contributed by atoms with Crippen molar-refractivity contribution in [1.82, 2.24) is 15.2 Å². The van der Waals surface area contributed by atoms with Crippen molar-refractivity contribution >= 4 is 23.2 Å². The first kappa shape index (κ1) is 21.7. The van der Waals surface area contributed by atoms with E-state index < -0.39 is 11.8 Å². The first-order valence-electron chi connectivity index (χ1n) is 9.14.